The van der Waals surface area contributed by atoms with Gasteiger partial charge in [-0.25, -0.2) is 8.42 Å². The topological polar surface area (TPSA) is 76.4 Å². The van der Waals surface area contributed by atoms with Crippen molar-refractivity contribution in [3.05, 3.63) is 72.0 Å². The Balaban J connectivity index is 1.83. The molecule has 0 aliphatic carbocycles. The largest absolute Gasteiger partial charge is 0.453 e. The quantitative estimate of drug-likeness (QED) is 0.715. The second-order valence-corrected chi connectivity index (χ2v) is 7.00. The first kappa shape index (κ1) is 16.0. The maximum Gasteiger partial charge on any atom is 0.261 e. The Bertz CT molecular complexity index is 955. The number of anilines is 1. The van der Waals surface area contributed by atoms with Gasteiger partial charge in [-0.1, -0.05) is 17.7 Å². The van der Waals surface area contributed by atoms with E-state index in [0.717, 1.165) is 5.56 Å². The molecule has 1 heterocycles. The van der Waals surface area contributed by atoms with Gasteiger partial charge in [-0.05, 0) is 55.5 Å². The first-order valence-corrected chi connectivity index (χ1v) is 8.71. The van der Waals surface area contributed by atoms with Crippen LogP contribution < -0.4 is 4.72 Å². The summed E-state index contributed by atoms with van der Waals surface area (Å²) in [6.45, 7) is 1.93. The van der Waals surface area contributed by atoms with Crippen LogP contribution in [-0.2, 0) is 10.0 Å². The molecule has 0 saturated carbocycles. The van der Waals surface area contributed by atoms with Crippen LogP contribution in [0, 0.1) is 6.92 Å². The molecule has 122 valence electrons. The zero-order chi connectivity index (χ0) is 17.2. The zero-order valence-electron chi connectivity index (χ0n) is 12.9. The van der Waals surface area contributed by atoms with Gasteiger partial charge >= 0.3 is 0 Å². The van der Waals surface area contributed by atoms with Gasteiger partial charge in [0, 0.05) is 11.3 Å². The molecule has 2 aromatic carbocycles. The third kappa shape index (κ3) is 3.38. The molecular formula is C18H15NO4S. The highest BCUT2D eigenvalue weighted by Crippen LogP contribution is 2.24. The van der Waals surface area contributed by atoms with E-state index in [1.54, 1.807) is 36.4 Å². The van der Waals surface area contributed by atoms with Crippen molar-refractivity contribution in [2.45, 2.75) is 11.8 Å². The molecule has 5 nitrogen and oxygen atoms in total. The van der Waals surface area contributed by atoms with Gasteiger partial charge in [-0.3, -0.25) is 9.52 Å². The predicted octanol–water partition coefficient (Wildman–Crippen LogP) is 3.87. The number of furan rings is 1. The summed E-state index contributed by atoms with van der Waals surface area (Å²) in [6.07, 6.45) is 0.619. The lowest BCUT2D eigenvalue weighted by molar-refractivity contribution is 0.110. The molecule has 24 heavy (non-hydrogen) atoms. The molecule has 0 bridgehead atoms. The molecule has 0 spiro atoms. The molecule has 3 rings (SSSR count). The Hall–Kier alpha value is -2.86. The van der Waals surface area contributed by atoms with E-state index in [1.807, 2.05) is 19.1 Å². The van der Waals surface area contributed by atoms with E-state index in [-0.39, 0.29) is 10.7 Å². The van der Waals surface area contributed by atoms with E-state index in [0.29, 0.717) is 23.3 Å². The smallest absolute Gasteiger partial charge is 0.261 e. The van der Waals surface area contributed by atoms with Crippen LogP contribution >= 0.6 is 0 Å². The van der Waals surface area contributed by atoms with E-state index in [1.165, 1.54) is 12.1 Å². The highest BCUT2D eigenvalue weighted by atomic mass is 32.2. The monoisotopic (exact) mass is 341 g/mol. The van der Waals surface area contributed by atoms with E-state index >= 15 is 0 Å². The fourth-order valence-corrected chi connectivity index (χ4v) is 3.26. The van der Waals surface area contributed by atoms with Crippen molar-refractivity contribution in [3.63, 3.8) is 0 Å². The first-order valence-electron chi connectivity index (χ1n) is 7.23. The number of hydrogen-bond donors (Lipinski definition) is 1. The van der Waals surface area contributed by atoms with Gasteiger partial charge in [-0.15, -0.1) is 0 Å². The molecule has 0 saturated heterocycles. The summed E-state index contributed by atoms with van der Waals surface area (Å²) in [5.41, 5.74) is 2.25. The third-order valence-electron chi connectivity index (χ3n) is 3.50. The second kappa shape index (κ2) is 6.33. The van der Waals surface area contributed by atoms with Crippen LogP contribution in [0.1, 0.15) is 16.1 Å². The lowest BCUT2D eigenvalue weighted by Gasteiger charge is -2.08. The number of sulfonamides is 1. The van der Waals surface area contributed by atoms with Gasteiger partial charge in [0.2, 0.25) is 0 Å². The minimum atomic E-state index is -3.66. The predicted molar refractivity (Wildman–Crippen MR) is 91.5 cm³/mol. The molecule has 0 amide bonds. The van der Waals surface area contributed by atoms with Crippen molar-refractivity contribution in [1.29, 1.82) is 0 Å². The van der Waals surface area contributed by atoms with Crippen molar-refractivity contribution >= 4 is 22.0 Å². The van der Waals surface area contributed by atoms with Gasteiger partial charge in [-0.2, -0.15) is 0 Å². The van der Waals surface area contributed by atoms with Crippen LogP contribution in [0.3, 0.4) is 0 Å². The lowest BCUT2D eigenvalue weighted by Crippen LogP contribution is -2.12. The summed E-state index contributed by atoms with van der Waals surface area (Å²) in [7, 11) is -3.66. The Kier molecular flexibility index (Phi) is 4.22. The second-order valence-electron chi connectivity index (χ2n) is 5.32. The number of carbonyl (C=O) groups excluding carboxylic acids is 1. The van der Waals surface area contributed by atoms with Gasteiger partial charge in [0.25, 0.3) is 10.0 Å². The molecule has 3 aromatic rings. The molecule has 0 radical (unpaired) electrons. The molecule has 1 N–H and O–H groups in total. The van der Waals surface area contributed by atoms with Gasteiger partial charge < -0.3 is 4.42 Å². The molecular weight excluding hydrogens is 326 g/mol. The van der Waals surface area contributed by atoms with Crippen molar-refractivity contribution in [3.8, 4) is 11.3 Å². The average molecular weight is 341 g/mol. The van der Waals surface area contributed by atoms with E-state index < -0.39 is 10.0 Å². The molecule has 0 aliphatic rings. The summed E-state index contributed by atoms with van der Waals surface area (Å²) in [5, 5.41) is 0. The van der Waals surface area contributed by atoms with E-state index in [2.05, 4.69) is 4.72 Å². The number of benzene rings is 2. The maximum absolute atomic E-state index is 12.4. The van der Waals surface area contributed by atoms with Crippen molar-refractivity contribution in [1.82, 2.24) is 0 Å². The summed E-state index contributed by atoms with van der Waals surface area (Å²) >= 11 is 0. The fraction of sp³-hybridized carbons (Fsp3) is 0.0556. The number of hydrogen-bond acceptors (Lipinski definition) is 4. The SMILES string of the molecule is Cc1ccc(NS(=O)(=O)c2ccc(-c3ccc(C=O)o3)cc2)cc1. The Morgan fingerprint density at radius 3 is 2.17 bits per heavy atom. The Morgan fingerprint density at radius 2 is 1.58 bits per heavy atom. The average Bonchev–Trinajstić information content (AvgIpc) is 3.06. The molecule has 0 atom stereocenters. The van der Waals surface area contributed by atoms with Crippen LogP contribution in [0.25, 0.3) is 11.3 Å². The molecule has 1 aromatic heterocycles. The summed E-state index contributed by atoms with van der Waals surface area (Å²) in [6, 6.07) is 16.6. The highest BCUT2D eigenvalue weighted by molar-refractivity contribution is 7.92. The lowest BCUT2D eigenvalue weighted by atomic mass is 10.2. The van der Waals surface area contributed by atoms with Crippen LogP contribution in [0.2, 0.25) is 0 Å². The van der Waals surface area contributed by atoms with Gasteiger partial charge in [0.05, 0.1) is 4.90 Å². The van der Waals surface area contributed by atoms with Crippen LogP contribution in [0.5, 0.6) is 0 Å². The van der Waals surface area contributed by atoms with Crippen LogP contribution in [0.15, 0.2) is 70.0 Å². The normalized spacial score (nSPS) is 11.2. The first-order chi connectivity index (χ1) is 11.5. The van der Waals surface area contributed by atoms with Crippen molar-refractivity contribution in [2.24, 2.45) is 0 Å². The third-order valence-corrected chi connectivity index (χ3v) is 4.89. The molecule has 6 heteroatoms. The number of aryl methyl sites for hydroxylation is 1. The van der Waals surface area contributed by atoms with Crippen LogP contribution in [0.4, 0.5) is 5.69 Å². The van der Waals surface area contributed by atoms with Gasteiger partial charge in [0.1, 0.15) is 5.76 Å². The minimum absolute atomic E-state index is 0.147. The fourth-order valence-electron chi connectivity index (χ4n) is 2.21. The standard InChI is InChI=1S/C18H15NO4S/c1-13-2-6-15(7-3-13)19-24(21,22)17-9-4-14(5-10-17)18-11-8-16(12-20)23-18/h2-12,19H,1H3. The number of aldehydes is 1. The highest BCUT2D eigenvalue weighted by Gasteiger charge is 2.14. The minimum Gasteiger partial charge on any atom is -0.453 e. The molecule has 0 unspecified atom stereocenters. The number of rotatable bonds is 5. The zero-order valence-corrected chi connectivity index (χ0v) is 13.7. The summed E-state index contributed by atoms with van der Waals surface area (Å²) in [4.78, 5) is 10.8. The molecule has 0 aliphatic heterocycles. The number of carbonyl (C=O) groups is 1. The van der Waals surface area contributed by atoms with E-state index in [4.69, 9.17) is 4.42 Å². The summed E-state index contributed by atoms with van der Waals surface area (Å²) < 4.78 is 32.7. The number of nitrogens with one attached hydrogen (secondary N) is 1. The van der Waals surface area contributed by atoms with Crippen LogP contribution in [-0.4, -0.2) is 14.7 Å². The van der Waals surface area contributed by atoms with Gasteiger partial charge in [0.15, 0.2) is 12.0 Å². The Morgan fingerprint density at radius 1 is 0.917 bits per heavy atom. The summed E-state index contributed by atoms with van der Waals surface area (Å²) in [5.74, 6) is 0.732. The Labute approximate surface area is 140 Å². The van der Waals surface area contributed by atoms with Crippen molar-refractivity contribution < 1.29 is 17.6 Å². The molecule has 0 fully saturated rings. The van der Waals surface area contributed by atoms with E-state index in [9.17, 15) is 13.2 Å². The maximum atomic E-state index is 12.4. The van der Waals surface area contributed by atoms with Crippen molar-refractivity contribution in [2.75, 3.05) is 4.72 Å².